The van der Waals surface area contributed by atoms with Crippen LogP contribution in [0.15, 0.2) is 73.1 Å². The topological polar surface area (TPSA) is 74.0 Å². The molecule has 7 nitrogen and oxygen atoms in total. The Kier molecular flexibility index (Phi) is 5.11. The van der Waals surface area contributed by atoms with E-state index in [4.69, 9.17) is 4.74 Å². The number of carbonyl (C=O) groups excluding carboxylic acids is 1. The van der Waals surface area contributed by atoms with Crippen molar-refractivity contribution < 1.29 is 9.53 Å². The first-order chi connectivity index (χ1) is 14.1. The molecule has 146 valence electrons. The third-order valence-electron chi connectivity index (χ3n) is 4.48. The molecule has 0 unspecified atom stereocenters. The summed E-state index contributed by atoms with van der Waals surface area (Å²) in [5.41, 5.74) is 3.75. The summed E-state index contributed by atoms with van der Waals surface area (Å²) < 4.78 is 9.24. The molecule has 29 heavy (non-hydrogen) atoms. The number of anilines is 1. The lowest BCUT2D eigenvalue weighted by Gasteiger charge is -2.11. The van der Waals surface area contributed by atoms with Gasteiger partial charge < -0.3 is 10.1 Å². The fourth-order valence-corrected chi connectivity index (χ4v) is 3.04. The van der Waals surface area contributed by atoms with Crippen LogP contribution in [-0.4, -0.2) is 25.5 Å². The summed E-state index contributed by atoms with van der Waals surface area (Å²) in [5.74, 6) is 0.314. The Morgan fingerprint density at radius 2 is 1.79 bits per heavy atom. The molecule has 7 heteroatoms. The predicted molar refractivity (Wildman–Crippen MR) is 110 cm³/mol. The molecule has 0 atom stereocenters. The molecule has 0 radical (unpaired) electrons. The zero-order valence-corrected chi connectivity index (χ0v) is 16.2. The first-order valence-corrected chi connectivity index (χ1v) is 9.23. The van der Waals surface area contributed by atoms with Crippen LogP contribution in [0.25, 0.3) is 5.69 Å². The summed E-state index contributed by atoms with van der Waals surface area (Å²) in [6.07, 6.45) is 3.56. The first kappa shape index (κ1) is 18.5. The monoisotopic (exact) mass is 387 g/mol. The maximum Gasteiger partial charge on any atom is 0.259 e. The van der Waals surface area contributed by atoms with E-state index < -0.39 is 0 Å². The lowest BCUT2D eigenvalue weighted by Crippen LogP contribution is -2.14. The maximum absolute atomic E-state index is 12.6. The number of nitrogens with zero attached hydrogens (tertiary/aromatic N) is 4. The number of carbonyl (C=O) groups is 1. The van der Waals surface area contributed by atoms with Gasteiger partial charge in [-0.05, 0) is 25.1 Å². The van der Waals surface area contributed by atoms with Crippen molar-refractivity contribution in [2.45, 2.75) is 13.5 Å². The highest BCUT2D eigenvalue weighted by Gasteiger charge is 2.14. The Balaban J connectivity index is 1.46. The number of hydrogen-bond donors (Lipinski definition) is 1. The SMILES string of the molecule is Cc1nn(C)cc1C(=O)Nc1ccccc1COc1ccn(-c2ccccc2)n1. The molecule has 4 aromatic rings. The van der Waals surface area contributed by atoms with Gasteiger partial charge in [0.2, 0.25) is 5.88 Å². The van der Waals surface area contributed by atoms with Crippen LogP contribution in [0.2, 0.25) is 0 Å². The zero-order valence-electron chi connectivity index (χ0n) is 16.2. The minimum Gasteiger partial charge on any atom is -0.472 e. The molecule has 0 aliphatic rings. The zero-order chi connectivity index (χ0) is 20.2. The van der Waals surface area contributed by atoms with Gasteiger partial charge >= 0.3 is 0 Å². The van der Waals surface area contributed by atoms with Crippen molar-refractivity contribution in [2.75, 3.05) is 5.32 Å². The van der Waals surface area contributed by atoms with Gasteiger partial charge in [-0.2, -0.15) is 5.10 Å². The largest absolute Gasteiger partial charge is 0.472 e. The number of aromatic nitrogens is 4. The smallest absolute Gasteiger partial charge is 0.259 e. The third-order valence-corrected chi connectivity index (χ3v) is 4.48. The normalized spacial score (nSPS) is 10.7. The molecule has 0 bridgehead atoms. The van der Waals surface area contributed by atoms with Crippen molar-refractivity contribution in [1.82, 2.24) is 19.6 Å². The van der Waals surface area contributed by atoms with Crippen molar-refractivity contribution in [3.05, 3.63) is 89.9 Å². The number of aryl methyl sites for hydroxylation is 2. The van der Waals surface area contributed by atoms with E-state index in [9.17, 15) is 4.79 Å². The van der Waals surface area contributed by atoms with Crippen molar-refractivity contribution in [1.29, 1.82) is 0 Å². The number of benzene rings is 2. The first-order valence-electron chi connectivity index (χ1n) is 9.23. The lowest BCUT2D eigenvalue weighted by molar-refractivity contribution is 0.102. The Morgan fingerprint density at radius 3 is 2.55 bits per heavy atom. The fourth-order valence-electron chi connectivity index (χ4n) is 3.04. The van der Waals surface area contributed by atoms with Crippen LogP contribution in [0.4, 0.5) is 5.69 Å². The van der Waals surface area contributed by atoms with Gasteiger partial charge in [-0.1, -0.05) is 36.4 Å². The summed E-state index contributed by atoms with van der Waals surface area (Å²) in [4.78, 5) is 12.6. The highest BCUT2D eigenvalue weighted by atomic mass is 16.5. The molecule has 2 heterocycles. The Labute approximate surface area is 168 Å². The second-order valence-electron chi connectivity index (χ2n) is 6.64. The van der Waals surface area contributed by atoms with Crippen molar-refractivity contribution in [2.24, 2.45) is 7.05 Å². The molecule has 1 N–H and O–H groups in total. The van der Waals surface area contributed by atoms with E-state index in [-0.39, 0.29) is 12.5 Å². The standard InChI is InChI=1S/C22H21N5O2/c1-16-19(14-26(2)24-16)22(28)23-20-11-7-6-8-17(20)15-29-21-12-13-27(25-21)18-9-4-3-5-10-18/h3-14H,15H2,1-2H3,(H,23,28). The van der Waals surface area contributed by atoms with Crippen LogP contribution in [0.5, 0.6) is 5.88 Å². The summed E-state index contributed by atoms with van der Waals surface area (Å²) in [7, 11) is 1.79. The number of para-hydroxylation sites is 2. The van der Waals surface area contributed by atoms with Gasteiger partial charge in [0.15, 0.2) is 0 Å². The second kappa shape index (κ2) is 8.02. The van der Waals surface area contributed by atoms with Crippen LogP contribution in [-0.2, 0) is 13.7 Å². The molecule has 0 spiro atoms. The lowest BCUT2D eigenvalue weighted by atomic mass is 10.1. The molecule has 2 aromatic heterocycles. The Morgan fingerprint density at radius 1 is 1.03 bits per heavy atom. The molecular formula is C22H21N5O2. The molecule has 0 fully saturated rings. The number of rotatable bonds is 6. The number of amides is 1. The van der Waals surface area contributed by atoms with Crippen LogP contribution in [0.1, 0.15) is 21.6 Å². The number of ether oxygens (including phenoxy) is 1. The minimum absolute atomic E-state index is 0.198. The van der Waals surface area contributed by atoms with Gasteiger partial charge in [0, 0.05) is 36.8 Å². The van der Waals surface area contributed by atoms with Gasteiger partial charge in [-0.15, -0.1) is 5.10 Å². The van der Waals surface area contributed by atoms with Crippen molar-refractivity contribution >= 4 is 11.6 Å². The van der Waals surface area contributed by atoms with Crippen LogP contribution in [0.3, 0.4) is 0 Å². The van der Waals surface area contributed by atoms with Crippen LogP contribution < -0.4 is 10.1 Å². The fraction of sp³-hybridized carbons (Fsp3) is 0.136. The van der Waals surface area contributed by atoms with E-state index in [1.165, 1.54) is 0 Å². The number of hydrogen-bond acceptors (Lipinski definition) is 4. The highest BCUT2D eigenvalue weighted by Crippen LogP contribution is 2.20. The van der Waals surface area contributed by atoms with Crippen LogP contribution in [0, 0.1) is 6.92 Å². The van der Waals surface area contributed by atoms with Gasteiger partial charge in [0.1, 0.15) is 6.61 Å². The summed E-state index contributed by atoms with van der Waals surface area (Å²) in [6.45, 7) is 2.10. The van der Waals surface area contributed by atoms with Gasteiger partial charge in [-0.3, -0.25) is 9.48 Å². The van der Waals surface area contributed by atoms with Crippen LogP contribution >= 0.6 is 0 Å². The van der Waals surface area contributed by atoms with E-state index in [0.717, 1.165) is 11.3 Å². The summed E-state index contributed by atoms with van der Waals surface area (Å²) >= 11 is 0. The molecule has 0 saturated heterocycles. The van der Waals surface area contributed by atoms with E-state index in [2.05, 4.69) is 15.5 Å². The van der Waals surface area contributed by atoms with E-state index in [1.807, 2.05) is 73.8 Å². The summed E-state index contributed by atoms with van der Waals surface area (Å²) in [6, 6.07) is 19.2. The van der Waals surface area contributed by atoms with Gasteiger partial charge in [-0.25, -0.2) is 4.68 Å². The molecule has 4 rings (SSSR count). The predicted octanol–water partition coefficient (Wildman–Crippen LogP) is 3.75. The van der Waals surface area contributed by atoms with Gasteiger partial charge in [0.25, 0.3) is 5.91 Å². The Bertz CT molecular complexity index is 1130. The minimum atomic E-state index is -0.198. The van der Waals surface area contributed by atoms with E-state index in [1.54, 1.807) is 22.6 Å². The van der Waals surface area contributed by atoms with Crippen molar-refractivity contribution in [3.63, 3.8) is 0 Å². The molecule has 0 aliphatic heterocycles. The average molecular weight is 387 g/mol. The van der Waals surface area contributed by atoms with Gasteiger partial charge in [0.05, 0.1) is 16.9 Å². The molecule has 1 amide bonds. The average Bonchev–Trinajstić information content (AvgIpc) is 3.34. The van der Waals surface area contributed by atoms with E-state index in [0.29, 0.717) is 22.8 Å². The van der Waals surface area contributed by atoms with E-state index >= 15 is 0 Å². The maximum atomic E-state index is 12.6. The Hall–Kier alpha value is -3.87. The molecule has 0 saturated carbocycles. The summed E-state index contributed by atoms with van der Waals surface area (Å²) in [5, 5.41) is 11.6. The molecular weight excluding hydrogens is 366 g/mol. The quantitative estimate of drug-likeness (QED) is 0.547. The molecule has 2 aromatic carbocycles. The highest BCUT2D eigenvalue weighted by molar-refractivity contribution is 6.05. The second-order valence-corrected chi connectivity index (χ2v) is 6.64. The van der Waals surface area contributed by atoms with Crippen molar-refractivity contribution in [3.8, 4) is 11.6 Å². The number of nitrogens with one attached hydrogen (secondary N) is 1. The third kappa shape index (κ3) is 4.19. The molecule has 0 aliphatic carbocycles.